The van der Waals surface area contributed by atoms with Gasteiger partial charge in [0.1, 0.15) is 16.8 Å². The lowest BCUT2D eigenvalue weighted by molar-refractivity contribution is 0.0494. The quantitative estimate of drug-likeness (QED) is 0.0743. The smallest absolute Gasteiger partial charge is 0.408 e. The molecule has 0 aliphatic rings. The number of carbonyl (C=O) groups is 3. The molecule has 530 valence electrons. The van der Waals surface area contributed by atoms with Crippen LogP contribution in [0.25, 0.3) is 55.0 Å². The Labute approximate surface area is 624 Å². The fourth-order valence-corrected chi connectivity index (χ4v) is 11.2. The van der Waals surface area contributed by atoms with Gasteiger partial charge in [0.05, 0.1) is 39.3 Å². The molecule has 18 nitrogen and oxygen atoms in total. The van der Waals surface area contributed by atoms with Crippen molar-refractivity contribution in [1.29, 1.82) is 0 Å². The number of amides is 3. The van der Waals surface area contributed by atoms with Crippen LogP contribution >= 0.6 is 48.8 Å². The van der Waals surface area contributed by atoms with E-state index >= 15 is 0 Å². The number of aromatic nitrogens is 6. The number of ether oxygens (including phenoxy) is 2. The molecule has 0 unspecified atom stereocenters. The fraction of sp³-hybridized carbons (Fsp3) is 0.284. The van der Waals surface area contributed by atoms with Crippen LogP contribution in [0, 0.1) is 34.5 Å². The summed E-state index contributed by atoms with van der Waals surface area (Å²) in [5, 5.41) is 17.0. The second-order valence-electron chi connectivity index (χ2n) is 28.0. The summed E-state index contributed by atoms with van der Waals surface area (Å²) >= 11 is 10.5. The van der Waals surface area contributed by atoms with E-state index in [0.29, 0.717) is 66.4 Å². The van der Waals surface area contributed by atoms with Gasteiger partial charge in [0.2, 0.25) is 0 Å². The summed E-state index contributed by atoms with van der Waals surface area (Å²) in [7, 11) is 0. The van der Waals surface area contributed by atoms with Crippen molar-refractivity contribution in [2.75, 3.05) is 5.73 Å². The molecule has 0 aliphatic carbocycles. The first-order chi connectivity index (χ1) is 47.7. The van der Waals surface area contributed by atoms with E-state index < -0.39 is 47.4 Å². The van der Waals surface area contributed by atoms with Gasteiger partial charge in [-0.2, -0.15) is 0 Å². The van der Waals surface area contributed by atoms with E-state index in [1.807, 2.05) is 235 Å². The summed E-state index contributed by atoms with van der Waals surface area (Å²) in [5.41, 5.74) is 9.73. The van der Waals surface area contributed by atoms with Gasteiger partial charge in [-0.3, -0.25) is 32.9 Å². The molecular formula is C81H87ClI2N10O8. The minimum absolute atomic E-state index is 0. The standard InChI is InChI=1S/C30H28N6O2.C28H32N2O3.C22H23ClN2O3.CH4.I2/c1-19(33-28(37)25-26(31)34-35-17-9-16-32-27(25)35)23-18-21-11-8-10-20(14-15-30(2,3)4)24(21)29(38)36(23)22-12-6-5-7-13-22;1-19(29-26(32)33-28(5,6)7)23-18-21-13-11-12-20(16-17-27(2,3)4)24(21)25(31)30(23)22-14-9-8-10-15-22;1-14(24-21(27)28-22(2,3)4)18-13-15-9-8-12-17(23)19(15)20(26)25(18)16-10-6-5-7-11-16;;1-2/h5-13,16-19H,1-4H3,(H2,31,34)(H,33,37);8-15,18-19H,1-7H3,(H,29,32);5-14H,1-4H3,(H,24,27);1H4;/t2*19-;14-;;/m000../s1. The number of alkyl carbamates (subject to hydrolysis) is 2. The molecule has 3 amide bonds. The lowest BCUT2D eigenvalue weighted by Gasteiger charge is -2.24. The van der Waals surface area contributed by atoms with Gasteiger partial charge in [-0.1, -0.05) is 134 Å². The first-order valence-corrected chi connectivity index (χ1v) is 39.3. The first-order valence-electron chi connectivity index (χ1n) is 32.6. The highest BCUT2D eigenvalue weighted by Gasteiger charge is 2.27. The Kier molecular flexibility index (Phi) is 26.4. The van der Waals surface area contributed by atoms with Gasteiger partial charge in [0.15, 0.2) is 11.5 Å². The maximum Gasteiger partial charge on any atom is 0.408 e. The van der Waals surface area contributed by atoms with Crippen molar-refractivity contribution < 1.29 is 23.9 Å². The largest absolute Gasteiger partial charge is 0.444 e. The van der Waals surface area contributed by atoms with Crippen molar-refractivity contribution in [2.24, 2.45) is 10.8 Å². The number of rotatable bonds is 10. The normalized spacial score (nSPS) is 12.1. The van der Waals surface area contributed by atoms with Crippen LogP contribution in [-0.4, -0.2) is 57.6 Å². The minimum atomic E-state index is -0.618. The number of nitrogens with two attached hydrogens (primary N) is 1. The van der Waals surface area contributed by atoms with Crippen molar-refractivity contribution in [1.82, 2.24) is 44.2 Å². The van der Waals surface area contributed by atoms with E-state index in [1.165, 1.54) is 4.52 Å². The fourth-order valence-electron chi connectivity index (χ4n) is 10.9. The molecule has 102 heavy (non-hydrogen) atoms. The second kappa shape index (κ2) is 33.8. The number of nitrogens with zero attached hydrogens (tertiary/aromatic N) is 6. The highest BCUT2D eigenvalue weighted by molar-refractivity contribution is 15.0. The molecule has 6 aromatic carbocycles. The summed E-state index contributed by atoms with van der Waals surface area (Å²) in [5.74, 6) is 12.5. The van der Waals surface area contributed by atoms with Gasteiger partial charge in [-0.15, -0.1) is 5.10 Å². The zero-order chi connectivity index (χ0) is 73.9. The van der Waals surface area contributed by atoms with Crippen molar-refractivity contribution in [3.63, 3.8) is 0 Å². The van der Waals surface area contributed by atoms with Crippen LogP contribution in [0.1, 0.15) is 168 Å². The summed E-state index contributed by atoms with van der Waals surface area (Å²) in [6, 6.07) is 50.6. The van der Waals surface area contributed by atoms with Crippen LogP contribution in [0.15, 0.2) is 197 Å². The Morgan fingerprint density at radius 3 is 1.23 bits per heavy atom. The van der Waals surface area contributed by atoms with Gasteiger partial charge < -0.3 is 31.2 Å². The third kappa shape index (κ3) is 20.1. The van der Waals surface area contributed by atoms with E-state index in [-0.39, 0.29) is 46.3 Å². The van der Waals surface area contributed by atoms with Crippen molar-refractivity contribution in [3.8, 4) is 40.7 Å². The van der Waals surface area contributed by atoms with E-state index in [1.54, 1.807) is 65.1 Å². The zero-order valence-corrected chi connectivity index (χ0v) is 64.3. The van der Waals surface area contributed by atoms with E-state index in [4.69, 9.17) is 26.8 Å². The number of anilines is 1. The number of hydrogen-bond donors (Lipinski definition) is 4. The molecular weight excluding hydrogens is 1530 g/mol. The molecule has 5 aromatic heterocycles. The molecule has 11 rings (SSSR count). The van der Waals surface area contributed by atoms with Crippen molar-refractivity contribution in [2.45, 2.75) is 141 Å². The maximum absolute atomic E-state index is 14.1. The van der Waals surface area contributed by atoms with Crippen LogP contribution < -0.4 is 38.4 Å². The van der Waals surface area contributed by atoms with E-state index in [2.05, 4.69) is 86.9 Å². The Hall–Kier alpha value is -9.75. The molecule has 0 bridgehead atoms. The Bertz CT molecular complexity index is 5180. The predicted molar refractivity (Wildman–Crippen MR) is 430 cm³/mol. The first kappa shape index (κ1) is 79.6. The summed E-state index contributed by atoms with van der Waals surface area (Å²) < 4.78 is 17.1. The number of para-hydroxylation sites is 3. The average molecular weight is 1620 g/mol. The van der Waals surface area contributed by atoms with Crippen LogP contribution in [0.3, 0.4) is 0 Å². The third-order valence-corrected chi connectivity index (χ3v) is 15.5. The second-order valence-corrected chi connectivity index (χ2v) is 28.4. The average Bonchev–Trinajstić information content (AvgIpc) is 1.03. The highest BCUT2D eigenvalue weighted by atomic mass is 128. The number of carbonyl (C=O) groups excluding carboxylic acids is 3. The summed E-state index contributed by atoms with van der Waals surface area (Å²) in [6.45, 7) is 28.5. The third-order valence-electron chi connectivity index (χ3n) is 15.2. The number of pyridine rings is 3. The van der Waals surface area contributed by atoms with Crippen molar-refractivity contribution >= 4 is 111 Å². The highest BCUT2D eigenvalue weighted by Crippen LogP contribution is 2.30. The topological polar surface area (TPSA) is 228 Å². The van der Waals surface area contributed by atoms with Crippen LogP contribution in [0.5, 0.6) is 0 Å². The van der Waals surface area contributed by atoms with Crippen LogP contribution in [0.2, 0.25) is 5.02 Å². The van der Waals surface area contributed by atoms with Gasteiger partial charge in [0, 0.05) is 106 Å². The number of halogens is 3. The molecule has 0 aliphatic heterocycles. The molecule has 0 spiro atoms. The number of nitrogens with one attached hydrogen (secondary N) is 3. The van der Waals surface area contributed by atoms with E-state index in [9.17, 15) is 28.8 Å². The molecule has 0 saturated heterocycles. The molecule has 3 atom stereocenters. The van der Waals surface area contributed by atoms with Gasteiger partial charge in [-0.25, -0.2) is 19.1 Å². The lowest BCUT2D eigenvalue weighted by Crippen LogP contribution is -2.36. The lowest BCUT2D eigenvalue weighted by atomic mass is 9.96. The summed E-state index contributed by atoms with van der Waals surface area (Å²) in [4.78, 5) is 83.6. The number of hydrogen-bond acceptors (Lipinski definition) is 11. The molecule has 5 N–H and O–H groups in total. The minimum Gasteiger partial charge on any atom is -0.444 e. The molecule has 0 radical (unpaired) electrons. The van der Waals surface area contributed by atoms with Crippen LogP contribution in [0.4, 0.5) is 15.4 Å². The maximum atomic E-state index is 14.1. The molecule has 0 saturated carbocycles. The monoisotopic (exact) mass is 1620 g/mol. The van der Waals surface area contributed by atoms with Gasteiger partial charge >= 0.3 is 12.2 Å². The Morgan fingerprint density at radius 2 is 0.853 bits per heavy atom. The van der Waals surface area contributed by atoms with Gasteiger partial charge in [0.25, 0.3) is 22.6 Å². The molecule has 0 fully saturated rings. The summed E-state index contributed by atoms with van der Waals surface area (Å²) in [6.07, 6.45) is 2.17. The SMILES string of the molecule is C.C[C@H](NC(=O)OC(C)(C)C)c1cc2cccc(C#CC(C)(C)C)c2c(=O)n1-c1ccccc1.C[C@H](NC(=O)OC(C)(C)C)c1cc2cccc(Cl)c2c(=O)n1-c1ccccc1.C[C@H](NC(=O)c1c(N)nn2cccnc12)c1cc2cccc(C#CC(C)(C)C)c2c(=O)n1-c1ccccc1.II. The van der Waals surface area contributed by atoms with Crippen molar-refractivity contribution in [3.05, 3.63) is 252 Å². The molecule has 11 aromatic rings. The zero-order valence-electron chi connectivity index (χ0n) is 59.2. The van der Waals surface area contributed by atoms with Gasteiger partial charge in [-0.05, 0) is 199 Å². The Morgan fingerprint density at radius 1 is 0.500 bits per heavy atom. The number of benzene rings is 6. The van der Waals surface area contributed by atoms with Crippen LogP contribution in [-0.2, 0) is 9.47 Å². The number of nitrogen functional groups attached to an aromatic ring is 1. The Balaban J connectivity index is 0.000000213. The molecule has 5 heterocycles. The van der Waals surface area contributed by atoms with E-state index in [0.717, 1.165) is 21.8 Å². The molecule has 21 heteroatoms. The predicted octanol–water partition coefficient (Wildman–Crippen LogP) is 18.1. The number of fused-ring (bicyclic) bond motifs is 4.